The van der Waals surface area contributed by atoms with Crippen LogP contribution in [0.5, 0.6) is 0 Å². The Morgan fingerprint density at radius 3 is 0.833 bits per heavy atom. The molecule has 0 saturated carbocycles. The third kappa shape index (κ3) is 64.8. The van der Waals surface area contributed by atoms with Crippen LogP contribution in [0.25, 0.3) is 0 Å². The number of hydrogen-bond donors (Lipinski definition) is 1. The lowest BCUT2D eigenvalue weighted by Crippen LogP contribution is -2.28. The van der Waals surface area contributed by atoms with Crippen molar-refractivity contribution in [3.05, 3.63) is 122 Å². The number of hydrogen-bond acceptors (Lipinski definition) is 5. The molecule has 0 aromatic rings. The van der Waals surface area contributed by atoms with E-state index in [1.165, 1.54) is 186 Å². The van der Waals surface area contributed by atoms with Crippen LogP contribution in [0, 0.1) is 0 Å². The molecule has 0 heterocycles. The van der Waals surface area contributed by atoms with Crippen molar-refractivity contribution in [2.24, 2.45) is 0 Å². The Hall–Kier alpha value is -3.70. The van der Waals surface area contributed by atoms with E-state index in [4.69, 9.17) is 9.47 Å². The third-order valence-corrected chi connectivity index (χ3v) is 14.2. The van der Waals surface area contributed by atoms with Crippen molar-refractivity contribution >= 4 is 11.9 Å². The number of carbonyl (C=O) groups excluding carboxylic acids is 2. The minimum atomic E-state index is -0.782. The molecule has 0 aliphatic rings. The van der Waals surface area contributed by atoms with Crippen molar-refractivity contribution < 1.29 is 24.2 Å². The fraction of sp³-hybridized carbons (Fsp3) is 0.699. The number of rotatable bonds is 60. The Morgan fingerprint density at radius 1 is 0.308 bits per heavy atom. The van der Waals surface area contributed by atoms with E-state index in [-0.39, 0.29) is 25.2 Å². The van der Waals surface area contributed by atoms with Crippen LogP contribution in [0.1, 0.15) is 309 Å². The van der Waals surface area contributed by atoms with Crippen LogP contribution >= 0.6 is 0 Å². The van der Waals surface area contributed by atoms with Gasteiger partial charge in [0, 0.05) is 12.8 Å². The second-order valence-corrected chi connectivity index (χ2v) is 21.8. The maximum Gasteiger partial charge on any atom is 0.306 e. The van der Waals surface area contributed by atoms with Gasteiger partial charge in [-0.2, -0.15) is 0 Å². The number of carbonyl (C=O) groups is 2. The summed E-state index contributed by atoms with van der Waals surface area (Å²) in [4.78, 5) is 24.6. The van der Waals surface area contributed by atoms with E-state index < -0.39 is 6.10 Å². The lowest BCUT2D eigenvalue weighted by atomic mass is 10.0. The summed E-state index contributed by atoms with van der Waals surface area (Å²) in [7, 11) is 0. The Kier molecular flexibility index (Phi) is 64.4. The van der Waals surface area contributed by atoms with Crippen molar-refractivity contribution in [2.75, 3.05) is 13.2 Å². The summed E-state index contributed by atoms with van der Waals surface area (Å²) in [6.07, 6.45) is 99.1. The first-order valence-electron chi connectivity index (χ1n) is 33.1. The van der Waals surface area contributed by atoms with E-state index in [1.807, 2.05) is 0 Å². The highest BCUT2D eigenvalue weighted by Gasteiger charge is 2.16. The molecule has 5 nitrogen and oxygen atoms in total. The zero-order chi connectivity index (χ0) is 56.2. The van der Waals surface area contributed by atoms with E-state index in [2.05, 4.69) is 135 Å². The molecule has 0 rings (SSSR count). The summed E-state index contributed by atoms with van der Waals surface area (Å²) in [5.41, 5.74) is 0. The summed E-state index contributed by atoms with van der Waals surface area (Å²) < 4.78 is 10.7. The fourth-order valence-corrected chi connectivity index (χ4v) is 9.31. The predicted octanol–water partition coefficient (Wildman–Crippen LogP) is 23.0. The maximum absolute atomic E-state index is 12.4. The Labute approximate surface area is 483 Å². The Morgan fingerprint density at radius 2 is 0.551 bits per heavy atom. The molecule has 1 atom stereocenters. The molecule has 1 N–H and O–H groups in total. The SMILES string of the molecule is CC/C=C\C/C=C\C/C=C\C/C=C\C/C=C\C/C=C\C/C=C\CCCCCCCCCCCCCC(=O)OC(CO)COC(=O)CCCCCCCCCCCCCCCCCC/C=C\C/C=C\C/C=C\CCCCCCC. The second-order valence-electron chi connectivity index (χ2n) is 21.8. The van der Waals surface area contributed by atoms with Gasteiger partial charge in [0.2, 0.25) is 0 Å². The van der Waals surface area contributed by atoms with Crippen molar-refractivity contribution in [3.63, 3.8) is 0 Å². The second kappa shape index (κ2) is 67.6. The quantitative estimate of drug-likeness (QED) is 0.0373. The van der Waals surface area contributed by atoms with Crippen LogP contribution in [-0.4, -0.2) is 36.4 Å². The molecular formula is C73H124O5. The molecule has 1 unspecified atom stereocenters. The molecule has 0 saturated heterocycles. The summed E-state index contributed by atoms with van der Waals surface area (Å²) in [6.45, 7) is 4.03. The van der Waals surface area contributed by atoms with Gasteiger partial charge < -0.3 is 14.6 Å². The summed E-state index contributed by atoms with van der Waals surface area (Å²) >= 11 is 0. The molecule has 0 bridgehead atoms. The molecule has 0 aliphatic carbocycles. The van der Waals surface area contributed by atoms with E-state index in [9.17, 15) is 14.7 Å². The lowest BCUT2D eigenvalue weighted by molar-refractivity contribution is -0.161. The van der Waals surface area contributed by atoms with Crippen LogP contribution < -0.4 is 0 Å². The smallest absolute Gasteiger partial charge is 0.306 e. The normalized spacial score (nSPS) is 13.0. The minimum Gasteiger partial charge on any atom is -0.462 e. The number of allylic oxidation sites excluding steroid dienone is 20. The van der Waals surface area contributed by atoms with Crippen molar-refractivity contribution in [1.29, 1.82) is 0 Å². The third-order valence-electron chi connectivity index (χ3n) is 14.2. The maximum atomic E-state index is 12.4. The number of aliphatic hydroxyl groups is 1. The van der Waals surface area contributed by atoms with Gasteiger partial charge in [0.1, 0.15) is 6.61 Å². The predicted molar refractivity (Wildman–Crippen MR) is 343 cm³/mol. The van der Waals surface area contributed by atoms with Gasteiger partial charge in [0.15, 0.2) is 6.10 Å². The van der Waals surface area contributed by atoms with Gasteiger partial charge in [0.25, 0.3) is 0 Å². The van der Waals surface area contributed by atoms with Gasteiger partial charge in [-0.25, -0.2) is 0 Å². The van der Waals surface area contributed by atoms with Gasteiger partial charge in [-0.1, -0.05) is 309 Å². The molecule has 0 aliphatic heterocycles. The topological polar surface area (TPSA) is 72.8 Å². The first-order valence-corrected chi connectivity index (χ1v) is 33.1. The van der Waals surface area contributed by atoms with Crippen LogP contribution in [-0.2, 0) is 19.1 Å². The average molecular weight is 1080 g/mol. The van der Waals surface area contributed by atoms with Crippen LogP contribution in [0.4, 0.5) is 0 Å². The first-order chi connectivity index (χ1) is 38.6. The highest BCUT2D eigenvalue weighted by atomic mass is 16.6. The number of aliphatic hydroxyl groups excluding tert-OH is 1. The summed E-state index contributed by atoms with van der Waals surface area (Å²) in [6, 6.07) is 0. The standard InChI is InChI=1S/C73H124O5/c1-3-5-7-9-11-13-15-17-19-21-23-25-27-29-31-33-35-36-38-40-42-44-46-48-50-52-54-56-58-60-62-64-66-68-73(76)78-71(69-74)70-77-72(75)67-65-63-61-59-57-55-53-51-49-47-45-43-41-39-37-34-32-30-28-26-24-22-20-18-16-14-12-10-8-6-4-2/h5,7,11,13,16-19,22-25,28-31,35-36,40,42,71,74H,3-4,6,8-10,12,14-15,20-21,26-27,32-34,37-39,41,43-70H2,1-2H3/b7-5-,13-11-,18-16-,19-17-,24-22-,25-23-,30-28-,31-29-,36-35-,42-40-. The fourth-order valence-electron chi connectivity index (χ4n) is 9.31. The van der Waals surface area contributed by atoms with Gasteiger partial charge in [-0.15, -0.1) is 0 Å². The molecule has 0 radical (unpaired) electrons. The zero-order valence-electron chi connectivity index (χ0n) is 51.1. The van der Waals surface area contributed by atoms with Gasteiger partial charge in [-0.05, 0) is 109 Å². The number of ether oxygens (including phenoxy) is 2. The molecule has 0 aromatic carbocycles. The van der Waals surface area contributed by atoms with Crippen LogP contribution in [0.2, 0.25) is 0 Å². The van der Waals surface area contributed by atoms with E-state index in [0.717, 1.165) is 96.3 Å². The monoisotopic (exact) mass is 1080 g/mol. The zero-order valence-corrected chi connectivity index (χ0v) is 51.1. The molecule has 446 valence electrons. The van der Waals surface area contributed by atoms with E-state index >= 15 is 0 Å². The average Bonchev–Trinajstić information content (AvgIpc) is 3.44. The Balaban J connectivity index is 3.50. The molecule has 0 aromatic heterocycles. The molecule has 0 fully saturated rings. The van der Waals surface area contributed by atoms with Crippen LogP contribution in [0.15, 0.2) is 122 Å². The van der Waals surface area contributed by atoms with Crippen molar-refractivity contribution in [3.8, 4) is 0 Å². The highest BCUT2D eigenvalue weighted by Crippen LogP contribution is 2.17. The Bertz CT molecular complexity index is 1550. The van der Waals surface area contributed by atoms with E-state index in [0.29, 0.717) is 12.8 Å². The highest BCUT2D eigenvalue weighted by molar-refractivity contribution is 5.70. The van der Waals surface area contributed by atoms with Crippen molar-refractivity contribution in [1.82, 2.24) is 0 Å². The van der Waals surface area contributed by atoms with Crippen molar-refractivity contribution in [2.45, 2.75) is 315 Å². The molecule has 78 heavy (non-hydrogen) atoms. The van der Waals surface area contributed by atoms with Gasteiger partial charge >= 0.3 is 11.9 Å². The van der Waals surface area contributed by atoms with Gasteiger partial charge in [0.05, 0.1) is 6.61 Å². The molecule has 5 heteroatoms. The largest absolute Gasteiger partial charge is 0.462 e. The minimum absolute atomic E-state index is 0.0708. The molecule has 0 amide bonds. The first kappa shape index (κ1) is 74.3. The van der Waals surface area contributed by atoms with Gasteiger partial charge in [-0.3, -0.25) is 9.59 Å². The van der Waals surface area contributed by atoms with E-state index in [1.54, 1.807) is 0 Å². The molecular weight excluding hydrogens is 957 g/mol. The summed E-state index contributed by atoms with van der Waals surface area (Å²) in [5.74, 6) is -0.590. The lowest BCUT2D eigenvalue weighted by Gasteiger charge is -2.15. The molecule has 0 spiro atoms. The number of unbranched alkanes of at least 4 members (excludes halogenated alkanes) is 32. The summed E-state index contributed by atoms with van der Waals surface area (Å²) in [5, 5.41) is 9.69. The number of esters is 2. The van der Waals surface area contributed by atoms with Crippen LogP contribution in [0.3, 0.4) is 0 Å².